The average molecular weight is 635 g/mol. The highest BCUT2D eigenvalue weighted by Crippen LogP contribution is 2.45. The lowest BCUT2D eigenvalue weighted by Crippen LogP contribution is -2.40. The Kier molecular flexibility index (Phi) is 11.1. The van der Waals surface area contributed by atoms with E-state index in [2.05, 4.69) is 24.3 Å². The summed E-state index contributed by atoms with van der Waals surface area (Å²) in [5.74, 6) is -1.70. The number of hydrogen-bond acceptors (Lipinski definition) is 13. The van der Waals surface area contributed by atoms with Crippen molar-refractivity contribution >= 4 is 23.9 Å². The van der Waals surface area contributed by atoms with Gasteiger partial charge in [-0.05, 0) is 49.4 Å². The van der Waals surface area contributed by atoms with Crippen LogP contribution in [0.15, 0.2) is 36.5 Å². The largest absolute Gasteiger partial charge is 0.463 e. The van der Waals surface area contributed by atoms with Gasteiger partial charge in [0.1, 0.15) is 50.5 Å². The van der Waals surface area contributed by atoms with Crippen molar-refractivity contribution in [2.45, 2.75) is 50.1 Å². The van der Waals surface area contributed by atoms with Crippen molar-refractivity contribution in [2.24, 2.45) is 47.3 Å². The molecule has 45 heavy (non-hydrogen) atoms. The molecule has 12 atom stereocenters. The molecule has 6 bridgehead atoms. The summed E-state index contributed by atoms with van der Waals surface area (Å²) in [4.78, 5) is 48.3. The molecule has 4 N–H and O–H groups in total. The molecule has 2 aliphatic heterocycles. The van der Waals surface area contributed by atoms with E-state index >= 15 is 0 Å². The van der Waals surface area contributed by atoms with Crippen LogP contribution in [-0.4, -0.2) is 108 Å². The van der Waals surface area contributed by atoms with Crippen molar-refractivity contribution in [3.05, 3.63) is 36.5 Å². The molecule has 0 aromatic carbocycles. The second kappa shape index (κ2) is 15.0. The smallest absolute Gasteiger partial charge is 0.313 e. The summed E-state index contributed by atoms with van der Waals surface area (Å²) in [5.41, 5.74) is 0. The van der Waals surface area contributed by atoms with Crippen LogP contribution in [0.3, 0.4) is 0 Å². The van der Waals surface area contributed by atoms with Gasteiger partial charge in [0.25, 0.3) is 0 Å². The van der Waals surface area contributed by atoms with Gasteiger partial charge >= 0.3 is 23.9 Å². The van der Waals surface area contributed by atoms with Gasteiger partial charge in [0.05, 0.1) is 37.3 Å². The maximum absolute atomic E-state index is 12.1. The van der Waals surface area contributed by atoms with E-state index in [1.807, 2.05) is 0 Å². The van der Waals surface area contributed by atoms with Crippen LogP contribution in [0.1, 0.15) is 25.7 Å². The summed E-state index contributed by atoms with van der Waals surface area (Å²) in [5, 5.41) is 35.8. The minimum atomic E-state index is -1.20. The molecule has 0 aromatic heterocycles. The van der Waals surface area contributed by atoms with Crippen LogP contribution in [0, 0.1) is 47.3 Å². The van der Waals surface area contributed by atoms with Gasteiger partial charge in [-0.3, -0.25) is 19.2 Å². The van der Waals surface area contributed by atoms with Crippen molar-refractivity contribution in [3.8, 4) is 0 Å². The Balaban J connectivity index is 0.000000178. The number of ether oxygens (including phenoxy) is 5. The Bertz CT molecular complexity index is 1090. The fourth-order valence-electron chi connectivity index (χ4n) is 7.13. The Hall–Kier alpha value is -3.10. The third-order valence-corrected chi connectivity index (χ3v) is 9.44. The summed E-state index contributed by atoms with van der Waals surface area (Å²) in [6.45, 7) is -1.52. The summed E-state index contributed by atoms with van der Waals surface area (Å²) in [6, 6.07) is 0. The number of aliphatic hydroxyl groups is 4. The zero-order chi connectivity index (χ0) is 32.1. The molecule has 248 valence electrons. The van der Waals surface area contributed by atoms with Gasteiger partial charge < -0.3 is 44.1 Å². The highest BCUT2D eigenvalue weighted by atomic mass is 16.6. The van der Waals surface area contributed by atoms with E-state index in [9.17, 15) is 29.4 Å². The molecule has 2 saturated carbocycles. The first-order valence-electron chi connectivity index (χ1n) is 15.6. The van der Waals surface area contributed by atoms with Crippen molar-refractivity contribution in [1.82, 2.24) is 0 Å². The van der Waals surface area contributed by atoms with Crippen LogP contribution < -0.4 is 0 Å². The molecular formula is C32H42O13. The lowest BCUT2D eigenvalue weighted by molar-refractivity contribution is -0.163. The van der Waals surface area contributed by atoms with Crippen molar-refractivity contribution in [1.29, 1.82) is 0 Å². The normalized spacial score (nSPS) is 35.6. The van der Waals surface area contributed by atoms with E-state index in [1.165, 1.54) is 0 Å². The third kappa shape index (κ3) is 7.83. The standard InChI is InChI=1S/C18H22O4.C14H20O9/c19-17(15-9-11-1-3-13(15)7-11)21-5-6-22-18(20)16-10-12-2-4-14(16)8-12;15-3-7(17)5-21-13(19)11-9-1-2-10(23-9)12(11)14(20)22-6-8(18)4-16/h1-4,11-16H,5-10H2;1-2,7-12,15-18H,3-6H2/t11-,12-,13+,14+,15+,16?;7?,8?,9-,10+,11-,12+/m0./s1. The highest BCUT2D eigenvalue weighted by Gasteiger charge is 2.54. The molecule has 3 fully saturated rings. The molecule has 6 rings (SSSR count). The molecule has 6 aliphatic rings. The predicted octanol–water partition coefficient (Wildman–Crippen LogP) is -0.154. The number of allylic oxidation sites excluding steroid dienone is 4. The van der Waals surface area contributed by atoms with E-state index < -0.39 is 74.6 Å². The molecule has 3 unspecified atom stereocenters. The molecule has 0 amide bonds. The van der Waals surface area contributed by atoms with Gasteiger partial charge in [-0.15, -0.1) is 0 Å². The van der Waals surface area contributed by atoms with E-state index in [0.717, 1.165) is 25.7 Å². The van der Waals surface area contributed by atoms with Crippen LogP contribution in [0.25, 0.3) is 0 Å². The van der Waals surface area contributed by atoms with E-state index in [0.29, 0.717) is 23.7 Å². The van der Waals surface area contributed by atoms with Crippen LogP contribution in [-0.2, 0) is 42.9 Å². The Morgan fingerprint density at radius 2 is 1.02 bits per heavy atom. The van der Waals surface area contributed by atoms with Crippen LogP contribution in [0.2, 0.25) is 0 Å². The predicted molar refractivity (Wildman–Crippen MR) is 152 cm³/mol. The van der Waals surface area contributed by atoms with E-state index in [4.69, 9.17) is 33.9 Å². The molecule has 0 radical (unpaired) electrons. The second-order valence-electron chi connectivity index (χ2n) is 12.5. The average Bonchev–Trinajstić information content (AvgIpc) is 3.91. The lowest BCUT2D eigenvalue weighted by atomic mass is 9.83. The maximum atomic E-state index is 12.1. The quantitative estimate of drug-likeness (QED) is 0.0905. The minimum absolute atomic E-state index is 0.0152. The number of fused-ring (bicyclic) bond motifs is 6. The first-order chi connectivity index (χ1) is 21.7. The van der Waals surface area contributed by atoms with Crippen molar-refractivity contribution in [3.63, 3.8) is 0 Å². The van der Waals surface area contributed by atoms with Gasteiger partial charge in [0.2, 0.25) is 0 Å². The summed E-state index contributed by atoms with van der Waals surface area (Å²) >= 11 is 0. The van der Waals surface area contributed by atoms with Gasteiger partial charge in [-0.2, -0.15) is 0 Å². The molecule has 13 heteroatoms. The lowest BCUT2D eigenvalue weighted by Gasteiger charge is -2.23. The van der Waals surface area contributed by atoms with Crippen LogP contribution in [0.5, 0.6) is 0 Å². The number of carbonyl (C=O) groups is 4. The number of rotatable bonds is 13. The highest BCUT2D eigenvalue weighted by molar-refractivity contribution is 5.85. The number of aliphatic hydroxyl groups excluding tert-OH is 4. The Labute approximate surface area is 260 Å². The molecule has 0 spiro atoms. The summed E-state index contributed by atoms with van der Waals surface area (Å²) in [6.07, 6.45) is 12.4. The van der Waals surface area contributed by atoms with E-state index in [1.54, 1.807) is 12.2 Å². The van der Waals surface area contributed by atoms with Crippen LogP contribution in [0.4, 0.5) is 0 Å². The fraction of sp³-hybridized carbons (Fsp3) is 0.688. The van der Waals surface area contributed by atoms with Gasteiger partial charge in [0, 0.05) is 0 Å². The maximum Gasteiger partial charge on any atom is 0.313 e. The molecule has 0 aromatic rings. The van der Waals surface area contributed by atoms with Crippen molar-refractivity contribution < 1.29 is 63.3 Å². The number of hydrogen-bond donors (Lipinski definition) is 4. The van der Waals surface area contributed by atoms with E-state index in [-0.39, 0.29) is 37.0 Å². The Morgan fingerprint density at radius 3 is 1.36 bits per heavy atom. The van der Waals surface area contributed by atoms with Gasteiger partial charge in [-0.25, -0.2) is 0 Å². The minimum Gasteiger partial charge on any atom is -0.463 e. The number of esters is 4. The molecule has 1 saturated heterocycles. The zero-order valence-electron chi connectivity index (χ0n) is 24.9. The van der Waals surface area contributed by atoms with Crippen molar-refractivity contribution in [2.75, 3.05) is 39.6 Å². The zero-order valence-corrected chi connectivity index (χ0v) is 24.9. The third-order valence-electron chi connectivity index (χ3n) is 9.44. The second-order valence-corrected chi connectivity index (χ2v) is 12.5. The van der Waals surface area contributed by atoms with Crippen LogP contribution >= 0.6 is 0 Å². The fourth-order valence-corrected chi connectivity index (χ4v) is 7.13. The molecular weight excluding hydrogens is 592 g/mol. The summed E-state index contributed by atoms with van der Waals surface area (Å²) in [7, 11) is 0. The molecule has 2 heterocycles. The molecule has 4 aliphatic carbocycles. The SMILES string of the molecule is O=C(OCC(O)CO)[C@@H]1[C@H](C(=O)OCC(O)CO)[C@H]2C=C[C@@H]1O2.O=C(OCCOC(=O)[C@@H]1C[C@H]2C=C[C@@H]1C2)C1C[C@H]2C=C[C@@H]1C2. The van der Waals surface area contributed by atoms with Gasteiger partial charge in [0.15, 0.2) is 0 Å². The Morgan fingerprint density at radius 1 is 0.600 bits per heavy atom. The monoisotopic (exact) mass is 634 g/mol. The first-order valence-corrected chi connectivity index (χ1v) is 15.6. The van der Waals surface area contributed by atoms with Gasteiger partial charge in [-0.1, -0.05) is 36.5 Å². The first kappa shape index (κ1) is 33.3. The topological polar surface area (TPSA) is 195 Å². The number of carbonyl (C=O) groups excluding carboxylic acids is 4. The molecule has 13 nitrogen and oxygen atoms in total. The summed E-state index contributed by atoms with van der Waals surface area (Å²) < 4.78 is 25.8.